The van der Waals surface area contributed by atoms with E-state index in [1.165, 1.54) is 12.3 Å². The maximum absolute atomic E-state index is 12.2. The molecule has 0 saturated heterocycles. The van der Waals surface area contributed by atoms with Crippen LogP contribution in [0.25, 0.3) is 0 Å². The van der Waals surface area contributed by atoms with Crippen molar-refractivity contribution in [1.82, 2.24) is 28.9 Å². The number of carbonyl (C=O) groups is 2. The van der Waals surface area contributed by atoms with E-state index >= 15 is 0 Å². The van der Waals surface area contributed by atoms with E-state index in [-0.39, 0.29) is 30.3 Å². The minimum absolute atomic E-state index is 0.00992. The molecule has 2 aromatic rings. The molecule has 150 valence electrons. The summed E-state index contributed by atoms with van der Waals surface area (Å²) < 4.78 is 9.15. The maximum Gasteiger partial charge on any atom is 0.328 e. The minimum atomic E-state index is -0.612. The van der Waals surface area contributed by atoms with Gasteiger partial charge in [0.2, 0.25) is 5.91 Å². The van der Waals surface area contributed by atoms with Crippen molar-refractivity contribution >= 4 is 23.5 Å². The molecular formula is C17H22N6O4S. The van der Waals surface area contributed by atoms with Crippen LogP contribution in [0.4, 0.5) is 0 Å². The fourth-order valence-electron chi connectivity index (χ4n) is 3.36. The number of hydrogen-bond acceptors (Lipinski definition) is 7. The van der Waals surface area contributed by atoms with E-state index in [0.717, 1.165) is 42.0 Å². The topological polar surface area (TPSA) is 139 Å². The van der Waals surface area contributed by atoms with Crippen molar-refractivity contribution < 1.29 is 9.59 Å². The molecule has 0 spiro atoms. The standard InChI is InChI=1S/C17H22N6O4S/c1-10-15(22-28-21-10)16(26)18-8-11-3-2-4-12(7-11)19-14(25)9-23-6-5-13(24)20-17(23)27/h5-6,11-12H,2-4,7-9H2,1H3,(H,18,26)(H,19,25)(H,20,24,27)/t11-,12+/m1/s1. The molecule has 11 heteroatoms. The van der Waals surface area contributed by atoms with Gasteiger partial charge in [-0.15, -0.1) is 0 Å². The molecule has 1 fully saturated rings. The molecule has 1 aliphatic rings. The predicted molar refractivity (Wildman–Crippen MR) is 102 cm³/mol. The van der Waals surface area contributed by atoms with E-state index in [1.807, 2.05) is 0 Å². The summed E-state index contributed by atoms with van der Waals surface area (Å²) in [6.07, 6.45) is 4.82. The van der Waals surface area contributed by atoms with Gasteiger partial charge in [0, 0.05) is 24.8 Å². The fraction of sp³-hybridized carbons (Fsp3) is 0.529. The van der Waals surface area contributed by atoms with Crippen molar-refractivity contribution in [3.8, 4) is 0 Å². The highest BCUT2D eigenvalue weighted by atomic mass is 32.1. The average molecular weight is 406 g/mol. The molecule has 1 aliphatic carbocycles. The summed E-state index contributed by atoms with van der Waals surface area (Å²) in [5.74, 6) is -0.256. The smallest absolute Gasteiger partial charge is 0.328 e. The molecule has 0 aromatic carbocycles. The van der Waals surface area contributed by atoms with Gasteiger partial charge in [0.15, 0.2) is 5.69 Å². The highest BCUT2D eigenvalue weighted by Crippen LogP contribution is 2.24. The number of hydrogen-bond donors (Lipinski definition) is 3. The Morgan fingerprint density at radius 2 is 2.14 bits per heavy atom. The predicted octanol–water partition coefficient (Wildman–Crippen LogP) is -0.198. The van der Waals surface area contributed by atoms with Gasteiger partial charge in [-0.05, 0) is 32.1 Å². The molecule has 2 aromatic heterocycles. The second kappa shape index (κ2) is 8.91. The Bertz CT molecular complexity index is 965. The zero-order valence-electron chi connectivity index (χ0n) is 15.4. The third-order valence-electron chi connectivity index (χ3n) is 4.78. The third-order valence-corrected chi connectivity index (χ3v) is 5.40. The number of aromatic amines is 1. The Morgan fingerprint density at radius 3 is 2.86 bits per heavy atom. The van der Waals surface area contributed by atoms with Crippen LogP contribution in [-0.4, -0.2) is 42.7 Å². The Morgan fingerprint density at radius 1 is 1.32 bits per heavy atom. The lowest BCUT2D eigenvalue weighted by Gasteiger charge is -2.30. The number of nitrogens with one attached hydrogen (secondary N) is 3. The quantitative estimate of drug-likeness (QED) is 0.607. The second-order valence-corrected chi connectivity index (χ2v) is 7.47. The highest BCUT2D eigenvalue weighted by molar-refractivity contribution is 6.99. The van der Waals surface area contributed by atoms with Crippen molar-refractivity contribution in [3.05, 3.63) is 44.5 Å². The fourth-order valence-corrected chi connectivity index (χ4v) is 3.91. The Labute approximate surface area is 164 Å². The molecule has 0 aliphatic heterocycles. The monoisotopic (exact) mass is 406 g/mol. The van der Waals surface area contributed by atoms with E-state index in [1.54, 1.807) is 6.92 Å². The van der Waals surface area contributed by atoms with Gasteiger partial charge in [-0.2, -0.15) is 8.75 Å². The largest absolute Gasteiger partial charge is 0.352 e. The molecule has 0 unspecified atom stereocenters. The van der Waals surface area contributed by atoms with Gasteiger partial charge in [-0.3, -0.25) is 23.9 Å². The van der Waals surface area contributed by atoms with E-state index in [9.17, 15) is 19.2 Å². The molecular weight excluding hydrogens is 384 g/mol. The highest BCUT2D eigenvalue weighted by Gasteiger charge is 2.24. The van der Waals surface area contributed by atoms with E-state index in [4.69, 9.17) is 0 Å². The van der Waals surface area contributed by atoms with Crippen LogP contribution in [0.3, 0.4) is 0 Å². The zero-order chi connectivity index (χ0) is 20.1. The summed E-state index contributed by atoms with van der Waals surface area (Å²) in [4.78, 5) is 49.3. The first-order valence-corrected chi connectivity index (χ1v) is 9.82. The SMILES string of the molecule is Cc1nsnc1C(=O)NC[C@@H]1CCC[C@H](NC(=O)Cn2ccc(=O)[nH]c2=O)C1. The summed E-state index contributed by atoms with van der Waals surface area (Å²) in [5.41, 5.74) is -0.132. The molecule has 0 radical (unpaired) electrons. The van der Waals surface area contributed by atoms with Crippen molar-refractivity contribution in [1.29, 1.82) is 0 Å². The van der Waals surface area contributed by atoms with Gasteiger partial charge in [-0.1, -0.05) is 6.42 Å². The first-order valence-electron chi connectivity index (χ1n) is 9.09. The summed E-state index contributed by atoms with van der Waals surface area (Å²) in [5, 5.41) is 5.83. The lowest BCUT2D eigenvalue weighted by molar-refractivity contribution is -0.122. The van der Waals surface area contributed by atoms with Crippen LogP contribution in [0.1, 0.15) is 41.9 Å². The molecule has 3 rings (SSSR count). The van der Waals surface area contributed by atoms with Crippen LogP contribution in [0.2, 0.25) is 0 Å². The lowest BCUT2D eigenvalue weighted by atomic mass is 9.85. The Hall–Kier alpha value is -2.82. The zero-order valence-corrected chi connectivity index (χ0v) is 16.3. The van der Waals surface area contributed by atoms with Crippen LogP contribution in [-0.2, 0) is 11.3 Å². The number of H-pyrrole nitrogens is 1. The van der Waals surface area contributed by atoms with Crippen LogP contribution < -0.4 is 21.9 Å². The van der Waals surface area contributed by atoms with E-state index < -0.39 is 11.2 Å². The van der Waals surface area contributed by atoms with Crippen LogP contribution in [0, 0.1) is 12.8 Å². The molecule has 2 amide bonds. The molecule has 28 heavy (non-hydrogen) atoms. The van der Waals surface area contributed by atoms with Gasteiger partial charge in [0.05, 0.1) is 17.4 Å². The molecule has 1 saturated carbocycles. The van der Waals surface area contributed by atoms with Crippen molar-refractivity contribution in [2.24, 2.45) is 5.92 Å². The number of nitrogens with zero attached hydrogens (tertiary/aromatic N) is 3. The summed E-state index contributed by atoms with van der Waals surface area (Å²) >= 11 is 1.01. The first-order chi connectivity index (χ1) is 13.4. The molecule has 0 bridgehead atoms. The summed E-state index contributed by atoms with van der Waals surface area (Å²) in [6, 6.07) is 1.19. The van der Waals surface area contributed by atoms with E-state index in [0.29, 0.717) is 17.9 Å². The molecule has 10 nitrogen and oxygen atoms in total. The number of aryl methyl sites for hydroxylation is 1. The number of carbonyl (C=O) groups excluding carboxylic acids is 2. The normalized spacial score (nSPS) is 19.2. The second-order valence-electron chi connectivity index (χ2n) is 6.94. The van der Waals surface area contributed by atoms with Crippen molar-refractivity contribution in [2.45, 2.75) is 45.2 Å². The average Bonchev–Trinajstić information content (AvgIpc) is 3.08. The molecule has 3 N–H and O–H groups in total. The third kappa shape index (κ3) is 5.12. The van der Waals surface area contributed by atoms with E-state index in [2.05, 4.69) is 24.4 Å². The van der Waals surface area contributed by atoms with Crippen LogP contribution in [0.15, 0.2) is 21.9 Å². The minimum Gasteiger partial charge on any atom is -0.352 e. The Balaban J connectivity index is 1.48. The molecule has 2 heterocycles. The summed E-state index contributed by atoms with van der Waals surface area (Å²) in [6.45, 7) is 2.11. The maximum atomic E-state index is 12.2. The molecule has 2 atom stereocenters. The number of amides is 2. The van der Waals surface area contributed by atoms with Crippen molar-refractivity contribution in [2.75, 3.05) is 6.54 Å². The van der Waals surface area contributed by atoms with Gasteiger partial charge in [0.25, 0.3) is 11.5 Å². The lowest BCUT2D eigenvalue weighted by Crippen LogP contribution is -2.43. The van der Waals surface area contributed by atoms with Gasteiger partial charge in [-0.25, -0.2) is 4.79 Å². The Kier molecular flexibility index (Phi) is 6.34. The van der Waals surface area contributed by atoms with Gasteiger partial charge in [0.1, 0.15) is 6.54 Å². The van der Waals surface area contributed by atoms with Crippen LogP contribution in [0.5, 0.6) is 0 Å². The summed E-state index contributed by atoms with van der Waals surface area (Å²) in [7, 11) is 0. The first kappa shape index (κ1) is 19.9. The van der Waals surface area contributed by atoms with Crippen molar-refractivity contribution in [3.63, 3.8) is 0 Å². The number of rotatable bonds is 6. The van der Waals surface area contributed by atoms with Gasteiger partial charge < -0.3 is 10.6 Å². The van der Waals surface area contributed by atoms with Gasteiger partial charge >= 0.3 is 5.69 Å². The van der Waals surface area contributed by atoms with Crippen LogP contribution >= 0.6 is 11.7 Å². The number of aromatic nitrogens is 4.